The summed E-state index contributed by atoms with van der Waals surface area (Å²) >= 11 is 0. The number of nitrogens with one attached hydrogen (secondary N) is 1. The lowest BCUT2D eigenvalue weighted by molar-refractivity contribution is -0.161. The molecule has 1 aliphatic heterocycles. The Balaban J connectivity index is 1.29. The summed E-state index contributed by atoms with van der Waals surface area (Å²) < 4.78 is 38.1. The molecular formula is C33H36F3N5O2. The number of hydrogen-bond acceptors (Lipinski definition) is 5. The second-order valence-electron chi connectivity index (χ2n) is 11.0. The van der Waals surface area contributed by atoms with E-state index in [2.05, 4.69) is 23.3 Å². The van der Waals surface area contributed by atoms with Crippen LogP contribution in [0.5, 0.6) is 0 Å². The zero-order chi connectivity index (χ0) is 30.8. The smallest absolute Gasteiger partial charge is 0.359 e. The van der Waals surface area contributed by atoms with E-state index in [-0.39, 0.29) is 31.5 Å². The van der Waals surface area contributed by atoms with Crippen LogP contribution in [0.3, 0.4) is 0 Å². The van der Waals surface area contributed by atoms with Crippen molar-refractivity contribution in [3.63, 3.8) is 0 Å². The third-order valence-electron chi connectivity index (χ3n) is 7.81. The van der Waals surface area contributed by atoms with Crippen LogP contribution in [0.1, 0.15) is 67.6 Å². The summed E-state index contributed by atoms with van der Waals surface area (Å²) in [5.74, 6) is -0.341. The zero-order valence-electron chi connectivity index (χ0n) is 24.2. The molecule has 10 heteroatoms. The molecule has 1 aromatic heterocycles. The zero-order valence-corrected chi connectivity index (χ0v) is 24.2. The number of unbranched alkanes of at least 4 members (excludes halogenated alkanes) is 2. The van der Waals surface area contributed by atoms with E-state index in [9.17, 15) is 22.8 Å². The van der Waals surface area contributed by atoms with Crippen molar-refractivity contribution in [2.75, 3.05) is 36.4 Å². The fraction of sp³-hybridized carbons (Fsp3) is 0.394. The minimum absolute atomic E-state index is 0.0239. The molecule has 3 aromatic rings. The lowest BCUT2D eigenvalue weighted by atomic mass is 9.90. The Morgan fingerprint density at radius 3 is 2.33 bits per heavy atom. The van der Waals surface area contributed by atoms with Crippen LogP contribution in [0.4, 0.5) is 24.7 Å². The first kappa shape index (κ1) is 31.5. The van der Waals surface area contributed by atoms with Gasteiger partial charge in [-0.2, -0.15) is 18.4 Å². The van der Waals surface area contributed by atoms with E-state index < -0.39 is 18.6 Å². The van der Waals surface area contributed by atoms with Crippen LogP contribution in [0.2, 0.25) is 0 Å². The lowest BCUT2D eigenvalue weighted by Crippen LogP contribution is -2.53. The van der Waals surface area contributed by atoms with E-state index in [0.717, 1.165) is 36.1 Å². The number of hydrogen-bond donors (Lipinski definition) is 1. The van der Waals surface area contributed by atoms with Crippen LogP contribution < -0.4 is 10.2 Å². The van der Waals surface area contributed by atoms with Gasteiger partial charge in [-0.05, 0) is 54.2 Å². The monoisotopic (exact) mass is 591 g/mol. The van der Waals surface area contributed by atoms with Gasteiger partial charge in [-0.25, -0.2) is 4.98 Å². The van der Waals surface area contributed by atoms with Gasteiger partial charge in [0, 0.05) is 13.1 Å². The number of pyridine rings is 1. The van der Waals surface area contributed by atoms with Gasteiger partial charge in [0.05, 0.1) is 36.0 Å². The molecule has 4 rings (SSSR count). The number of carbonyl (C=O) groups excluding carboxylic acids is 2. The highest BCUT2D eigenvalue weighted by molar-refractivity contribution is 5.95. The van der Waals surface area contributed by atoms with Gasteiger partial charge >= 0.3 is 6.18 Å². The minimum atomic E-state index is -4.43. The Labute approximate surface area is 250 Å². The molecule has 43 heavy (non-hydrogen) atoms. The lowest BCUT2D eigenvalue weighted by Gasteiger charge is -2.35. The summed E-state index contributed by atoms with van der Waals surface area (Å²) in [6.45, 7) is 1.02. The molecule has 2 heterocycles. The maximum Gasteiger partial charge on any atom is 0.406 e. The van der Waals surface area contributed by atoms with Gasteiger partial charge in [-0.3, -0.25) is 9.59 Å². The SMILES string of the molecule is CC(CCCCCC(C(=O)Nc1ccc(N2CCN(CC(F)(F)F)C(=O)C2)cn1)c1ccccc1)c1ccc(C#N)cc1. The number of nitrogens with zero attached hydrogens (tertiary/aromatic N) is 4. The molecule has 0 radical (unpaired) electrons. The van der Waals surface area contributed by atoms with Crippen molar-refractivity contribution in [1.29, 1.82) is 5.26 Å². The molecule has 7 nitrogen and oxygen atoms in total. The highest BCUT2D eigenvalue weighted by Gasteiger charge is 2.35. The van der Waals surface area contributed by atoms with E-state index >= 15 is 0 Å². The Morgan fingerprint density at radius 1 is 0.977 bits per heavy atom. The van der Waals surface area contributed by atoms with E-state index in [4.69, 9.17) is 5.26 Å². The topological polar surface area (TPSA) is 89.3 Å². The third kappa shape index (κ3) is 9.30. The normalized spacial score (nSPS) is 15.1. The molecule has 2 amide bonds. The Morgan fingerprint density at radius 2 is 1.70 bits per heavy atom. The van der Waals surface area contributed by atoms with Gasteiger partial charge in [0.2, 0.25) is 11.8 Å². The molecule has 1 N–H and O–H groups in total. The van der Waals surface area contributed by atoms with Gasteiger partial charge in [0.25, 0.3) is 0 Å². The van der Waals surface area contributed by atoms with Crippen molar-refractivity contribution in [2.24, 2.45) is 0 Å². The first-order valence-corrected chi connectivity index (χ1v) is 14.5. The van der Waals surface area contributed by atoms with Crippen molar-refractivity contribution in [1.82, 2.24) is 9.88 Å². The quantitative estimate of drug-likeness (QED) is 0.239. The largest absolute Gasteiger partial charge is 0.406 e. The molecule has 0 saturated carbocycles. The average molecular weight is 592 g/mol. The number of carbonyl (C=O) groups is 2. The van der Waals surface area contributed by atoms with E-state index in [1.807, 2.05) is 54.6 Å². The summed E-state index contributed by atoms with van der Waals surface area (Å²) in [6.07, 6.45) is 1.70. The molecule has 2 atom stereocenters. The van der Waals surface area contributed by atoms with Crippen molar-refractivity contribution in [3.8, 4) is 6.07 Å². The van der Waals surface area contributed by atoms with Crippen LogP contribution >= 0.6 is 0 Å². The number of nitriles is 1. The van der Waals surface area contributed by atoms with Crippen molar-refractivity contribution >= 4 is 23.3 Å². The number of amides is 2. The number of rotatable bonds is 12. The van der Waals surface area contributed by atoms with E-state index in [0.29, 0.717) is 29.4 Å². The van der Waals surface area contributed by atoms with Crippen LogP contribution in [0.15, 0.2) is 72.9 Å². The summed E-state index contributed by atoms with van der Waals surface area (Å²) in [7, 11) is 0. The minimum Gasteiger partial charge on any atom is -0.359 e. The second-order valence-corrected chi connectivity index (χ2v) is 11.0. The van der Waals surface area contributed by atoms with Gasteiger partial charge in [0.15, 0.2) is 0 Å². The maximum atomic E-state index is 13.4. The van der Waals surface area contributed by atoms with Gasteiger partial charge < -0.3 is 15.1 Å². The molecule has 1 aliphatic rings. The van der Waals surface area contributed by atoms with Crippen LogP contribution in [-0.2, 0) is 9.59 Å². The van der Waals surface area contributed by atoms with E-state index in [1.165, 1.54) is 11.8 Å². The van der Waals surface area contributed by atoms with Gasteiger partial charge in [0.1, 0.15) is 12.4 Å². The number of halogens is 3. The highest BCUT2D eigenvalue weighted by atomic mass is 19.4. The Kier molecular flexibility index (Phi) is 10.8. The van der Waals surface area contributed by atoms with Crippen LogP contribution in [0.25, 0.3) is 0 Å². The second kappa shape index (κ2) is 14.7. The van der Waals surface area contributed by atoms with Crippen molar-refractivity contribution in [2.45, 2.75) is 57.0 Å². The van der Waals surface area contributed by atoms with Gasteiger partial charge in [-0.1, -0.05) is 68.7 Å². The number of alkyl halides is 3. The molecule has 0 bridgehead atoms. The number of benzene rings is 2. The summed E-state index contributed by atoms with van der Waals surface area (Å²) in [4.78, 5) is 32.4. The number of piperazine rings is 1. The molecule has 2 unspecified atom stereocenters. The third-order valence-corrected chi connectivity index (χ3v) is 7.81. The predicted molar refractivity (Wildman–Crippen MR) is 160 cm³/mol. The van der Waals surface area contributed by atoms with Gasteiger partial charge in [-0.15, -0.1) is 0 Å². The summed E-state index contributed by atoms with van der Waals surface area (Å²) in [5.41, 5.74) is 3.41. The summed E-state index contributed by atoms with van der Waals surface area (Å²) in [6, 6.07) is 22.9. The average Bonchev–Trinajstić information content (AvgIpc) is 3.00. The number of anilines is 2. The standard InChI is InChI=1S/C33H36F3N5O2/c1-24(26-14-12-25(20-37)13-15-26)8-4-2-7-11-29(27-9-5-3-6-10-27)32(43)39-30-17-16-28(21-38-30)40-18-19-41(31(42)22-40)23-33(34,35)36/h3,5-6,9-10,12-17,21,24,29H,2,4,7-8,11,18-19,22-23H2,1H3,(H,38,39,43). The van der Waals surface area contributed by atoms with E-state index in [1.54, 1.807) is 17.0 Å². The molecule has 1 fully saturated rings. The first-order valence-electron chi connectivity index (χ1n) is 14.5. The Hall–Kier alpha value is -4.39. The fourth-order valence-electron chi connectivity index (χ4n) is 5.34. The van der Waals surface area contributed by atoms with Crippen molar-refractivity contribution in [3.05, 3.63) is 89.6 Å². The molecule has 2 aromatic carbocycles. The van der Waals surface area contributed by atoms with Crippen LogP contribution in [-0.4, -0.2) is 54.1 Å². The highest BCUT2D eigenvalue weighted by Crippen LogP contribution is 2.27. The molecule has 1 saturated heterocycles. The van der Waals surface area contributed by atoms with Crippen LogP contribution in [0, 0.1) is 11.3 Å². The Bertz CT molecular complexity index is 1390. The summed E-state index contributed by atoms with van der Waals surface area (Å²) in [5, 5.41) is 11.9. The van der Waals surface area contributed by atoms with Crippen molar-refractivity contribution < 1.29 is 22.8 Å². The maximum absolute atomic E-state index is 13.4. The molecule has 0 aliphatic carbocycles. The molecule has 0 spiro atoms. The number of aromatic nitrogens is 1. The first-order chi connectivity index (χ1) is 20.6. The molecular weight excluding hydrogens is 555 g/mol. The molecule has 226 valence electrons. The predicted octanol–water partition coefficient (Wildman–Crippen LogP) is 6.64. The fourth-order valence-corrected chi connectivity index (χ4v) is 5.34.